The molecule has 0 radical (unpaired) electrons. The minimum atomic E-state index is -0.196. The van der Waals surface area contributed by atoms with Gasteiger partial charge in [-0.2, -0.15) is 0 Å². The van der Waals surface area contributed by atoms with Gasteiger partial charge in [-0.1, -0.05) is 22.0 Å². The van der Waals surface area contributed by atoms with E-state index >= 15 is 0 Å². The third kappa shape index (κ3) is 3.11. The molecular weight excluding hydrogens is 295 g/mol. The van der Waals surface area contributed by atoms with Gasteiger partial charge in [0.15, 0.2) is 0 Å². The van der Waals surface area contributed by atoms with Crippen molar-refractivity contribution >= 4 is 15.9 Å². The molecule has 1 aromatic rings. The predicted molar refractivity (Wildman–Crippen MR) is 76.1 cm³/mol. The molecule has 1 aromatic carbocycles. The molecule has 0 aliphatic carbocycles. The second-order valence-corrected chi connectivity index (χ2v) is 6.56. The third-order valence-electron chi connectivity index (χ3n) is 3.61. The lowest BCUT2D eigenvalue weighted by molar-refractivity contribution is 0.0624. The maximum Gasteiger partial charge on any atom is 0.124 e. The Kier molecular flexibility index (Phi) is 4.09. The Labute approximate surface area is 117 Å². The molecule has 1 unspecified atom stereocenters. The van der Waals surface area contributed by atoms with Crippen LogP contribution in [0, 0.1) is 5.82 Å². The molecule has 1 aliphatic heterocycles. The summed E-state index contributed by atoms with van der Waals surface area (Å²) in [6.45, 7) is 9.51. The van der Waals surface area contributed by atoms with Crippen LogP contribution in [0.5, 0.6) is 0 Å². The summed E-state index contributed by atoms with van der Waals surface area (Å²) in [5, 5.41) is 3.50. The SMILES string of the molecule is CC1CN(Cc2ccc(F)cc2Br)C(C)(C)CN1. The van der Waals surface area contributed by atoms with Crippen molar-refractivity contribution in [2.45, 2.75) is 38.9 Å². The maximum absolute atomic E-state index is 13.1. The lowest BCUT2D eigenvalue weighted by Crippen LogP contribution is -2.60. The fourth-order valence-corrected chi connectivity index (χ4v) is 2.79. The van der Waals surface area contributed by atoms with Crippen molar-refractivity contribution < 1.29 is 4.39 Å². The maximum atomic E-state index is 13.1. The summed E-state index contributed by atoms with van der Waals surface area (Å²) in [6.07, 6.45) is 0. The number of benzene rings is 1. The van der Waals surface area contributed by atoms with Crippen LogP contribution in [0.1, 0.15) is 26.3 Å². The number of nitrogens with one attached hydrogen (secondary N) is 1. The van der Waals surface area contributed by atoms with E-state index in [1.807, 2.05) is 6.07 Å². The molecule has 1 N–H and O–H groups in total. The zero-order chi connectivity index (χ0) is 13.3. The molecule has 0 bridgehead atoms. The second kappa shape index (κ2) is 5.27. The van der Waals surface area contributed by atoms with Crippen LogP contribution in [0.25, 0.3) is 0 Å². The summed E-state index contributed by atoms with van der Waals surface area (Å²) in [4.78, 5) is 2.45. The topological polar surface area (TPSA) is 15.3 Å². The molecule has 4 heteroatoms. The van der Waals surface area contributed by atoms with Crippen molar-refractivity contribution in [2.75, 3.05) is 13.1 Å². The van der Waals surface area contributed by atoms with Gasteiger partial charge in [0.1, 0.15) is 5.82 Å². The van der Waals surface area contributed by atoms with Crippen LogP contribution in [0.2, 0.25) is 0 Å². The average Bonchev–Trinajstić information content (AvgIpc) is 2.27. The fraction of sp³-hybridized carbons (Fsp3) is 0.571. The first-order valence-corrected chi connectivity index (χ1v) is 7.10. The van der Waals surface area contributed by atoms with Gasteiger partial charge in [0.25, 0.3) is 0 Å². The highest BCUT2D eigenvalue weighted by Crippen LogP contribution is 2.25. The van der Waals surface area contributed by atoms with Crippen molar-refractivity contribution in [3.05, 3.63) is 34.1 Å². The van der Waals surface area contributed by atoms with Gasteiger partial charge in [0, 0.05) is 35.7 Å². The van der Waals surface area contributed by atoms with E-state index in [1.54, 1.807) is 0 Å². The van der Waals surface area contributed by atoms with E-state index in [1.165, 1.54) is 12.1 Å². The van der Waals surface area contributed by atoms with E-state index < -0.39 is 0 Å². The van der Waals surface area contributed by atoms with Crippen LogP contribution < -0.4 is 5.32 Å². The first-order chi connectivity index (χ1) is 8.38. The number of nitrogens with zero attached hydrogens (tertiary/aromatic N) is 1. The summed E-state index contributed by atoms with van der Waals surface area (Å²) in [5.41, 5.74) is 1.26. The van der Waals surface area contributed by atoms with Gasteiger partial charge in [-0.05, 0) is 38.5 Å². The third-order valence-corrected chi connectivity index (χ3v) is 4.35. The zero-order valence-electron chi connectivity index (χ0n) is 11.1. The number of halogens is 2. The molecule has 1 saturated heterocycles. The standard InChI is InChI=1S/C14H20BrFN2/c1-10-7-18(14(2,3)9-17-10)8-11-4-5-12(16)6-13(11)15/h4-6,10,17H,7-9H2,1-3H3. The molecule has 1 aliphatic rings. The first-order valence-electron chi connectivity index (χ1n) is 6.31. The molecule has 100 valence electrons. The van der Waals surface area contributed by atoms with Gasteiger partial charge in [0.05, 0.1) is 0 Å². The Morgan fingerprint density at radius 3 is 2.89 bits per heavy atom. The molecule has 18 heavy (non-hydrogen) atoms. The zero-order valence-corrected chi connectivity index (χ0v) is 12.7. The van der Waals surface area contributed by atoms with Crippen molar-refractivity contribution in [1.29, 1.82) is 0 Å². The Morgan fingerprint density at radius 2 is 2.22 bits per heavy atom. The highest BCUT2D eigenvalue weighted by atomic mass is 79.9. The minimum Gasteiger partial charge on any atom is -0.311 e. The summed E-state index contributed by atoms with van der Waals surface area (Å²) < 4.78 is 13.9. The van der Waals surface area contributed by atoms with Crippen molar-refractivity contribution in [1.82, 2.24) is 10.2 Å². The Hall–Kier alpha value is -0.450. The molecular formula is C14H20BrFN2. The van der Waals surface area contributed by atoms with E-state index in [0.29, 0.717) is 6.04 Å². The molecule has 0 saturated carbocycles. The van der Waals surface area contributed by atoms with E-state index in [9.17, 15) is 4.39 Å². The average molecular weight is 315 g/mol. The number of rotatable bonds is 2. The number of hydrogen-bond donors (Lipinski definition) is 1. The fourth-order valence-electron chi connectivity index (χ4n) is 2.31. The van der Waals surface area contributed by atoms with Crippen LogP contribution in [-0.4, -0.2) is 29.6 Å². The van der Waals surface area contributed by atoms with Gasteiger partial charge in [0.2, 0.25) is 0 Å². The summed E-state index contributed by atoms with van der Waals surface area (Å²) in [5.74, 6) is -0.196. The Morgan fingerprint density at radius 1 is 1.50 bits per heavy atom. The number of piperazine rings is 1. The van der Waals surface area contributed by atoms with Gasteiger partial charge in [-0.3, -0.25) is 4.90 Å². The lowest BCUT2D eigenvalue weighted by atomic mass is 9.97. The van der Waals surface area contributed by atoms with Crippen molar-refractivity contribution in [3.63, 3.8) is 0 Å². The second-order valence-electron chi connectivity index (χ2n) is 5.71. The predicted octanol–water partition coefficient (Wildman–Crippen LogP) is 3.16. The normalized spacial score (nSPS) is 24.2. The van der Waals surface area contributed by atoms with Crippen molar-refractivity contribution in [3.8, 4) is 0 Å². The highest BCUT2D eigenvalue weighted by molar-refractivity contribution is 9.10. The van der Waals surface area contributed by atoms with E-state index in [-0.39, 0.29) is 11.4 Å². The quantitative estimate of drug-likeness (QED) is 0.902. The van der Waals surface area contributed by atoms with Gasteiger partial charge < -0.3 is 5.32 Å². The van der Waals surface area contributed by atoms with Gasteiger partial charge in [-0.25, -0.2) is 4.39 Å². The monoisotopic (exact) mass is 314 g/mol. The van der Waals surface area contributed by atoms with E-state index in [2.05, 4.69) is 46.9 Å². The summed E-state index contributed by atoms with van der Waals surface area (Å²) in [7, 11) is 0. The molecule has 0 spiro atoms. The molecule has 1 fully saturated rings. The first kappa shape index (κ1) is 14.0. The minimum absolute atomic E-state index is 0.125. The highest BCUT2D eigenvalue weighted by Gasteiger charge is 2.32. The van der Waals surface area contributed by atoms with Crippen LogP contribution in [0.3, 0.4) is 0 Å². The molecule has 0 amide bonds. The van der Waals surface area contributed by atoms with Crippen LogP contribution in [0.4, 0.5) is 4.39 Å². The largest absolute Gasteiger partial charge is 0.311 e. The Balaban J connectivity index is 2.16. The lowest BCUT2D eigenvalue weighted by Gasteiger charge is -2.45. The van der Waals surface area contributed by atoms with Gasteiger partial charge >= 0.3 is 0 Å². The molecule has 1 atom stereocenters. The summed E-state index contributed by atoms with van der Waals surface area (Å²) in [6, 6.07) is 5.42. The van der Waals surface area contributed by atoms with Crippen LogP contribution >= 0.6 is 15.9 Å². The van der Waals surface area contributed by atoms with E-state index in [4.69, 9.17) is 0 Å². The molecule has 1 heterocycles. The summed E-state index contributed by atoms with van der Waals surface area (Å²) >= 11 is 3.44. The molecule has 2 nitrogen and oxygen atoms in total. The van der Waals surface area contributed by atoms with Crippen LogP contribution in [-0.2, 0) is 6.54 Å². The van der Waals surface area contributed by atoms with Crippen molar-refractivity contribution in [2.24, 2.45) is 0 Å². The molecule has 2 rings (SSSR count). The smallest absolute Gasteiger partial charge is 0.124 e. The van der Waals surface area contributed by atoms with Gasteiger partial charge in [-0.15, -0.1) is 0 Å². The van der Waals surface area contributed by atoms with E-state index in [0.717, 1.165) is 29.7 Å². The van der Waals surface area contributed by atoms with Crippen LogP contribution in [0.15, 0.2) is 22.7 Å². The Bertz CT molecular complexity index is 434. The number of hydrogen-bond acceptors (Lipinski definition) is 2. The molecule has 0 aromatic heterocycles.